The first-order valence-corrected chi connectivity index (χ1v) is 10.6. The first-order valence-electron chi connectivity index (χ1n) is 10.6. The molecular weight excluding hydrogens is 392 g/mol. The fraction of sp³-hybridized carbons (Fsp3) is 0.542. The summed E-state index contributed by atoms with van der Waals surface area (Å²) in [5, 5.41) is 6.88. The number of hydrogen-bond donors (Lipinski definition) is 2. The maximum Gasteiger partial charge on any atom is 0.259 e. The van der Waals surface area contributed by atoms with Crippen LogP contribution in [-0.2, 0) is 11.3 Å². The van der Waals surface area contributed by atoms with Crippen molar-refractivity contribution in [1.29, 1.82) is 0 Å². The topological polar surface area (TPSA) is 101 Å². The van der Waals surface area contributed by atoms with E-state index < -0.39 is 0 Å². The average molecular weight is 429 g/mol. The summed E-state index contributed by atoms with van der Waals surface area (Å²) in [7, 11) is 0. The molecule has 0 spiro atoms. The van der Waals surface area contributed by atoms with Gasteiger partial charge in [-0.15, -0.1) is 0 Å². The molecule has 7 heteroatoms. The van der Waals surface area contributed by atoms with E-state index in [-0.39, 0.29) is 22.6 Å². The zero-order chi connectivity index (χ0) is 23.4. The van der Waals surface area contributed by atoms with Gasteiger partial charge in [-0.1, -0.05) is 51.9 Å². The van der Waals surface area contributed by atoms with Crippen LogP contribution in [0, 0.1) is 24.7 Å². The number of carbonyl (C=O) groups is 2. The van der Waals surface area contributed by atoms with Gasteiger partial charge in [-0.3, -0.25) is 9.59 Å². The molecule has 0 aliphatic rings. The average Bonchev–Trinajstić information content (AvgIpc) is 2.97. The summed E-state index contributed by atoms with van der Waals surface area (Å²) in [4.78, 5) is 27.5. The lowest BCUT2D eigenvalue weighted by molar-refractivity contribution is -0.117. The summed E-state index contributed by atoms with van der Waals surface area (Å²) in [5.74, 6) is 0.332. The summed E-state index contributed by atoms with van der Waals surface area (Å²) >= 11 is 0. The van der Waals surface area contributed by atoms with Gasteiger partial charge in [0.1, 0.15) is 11.3 Å². The molecule has 0 aliphatic carbocycles. The summed E-state index contributed by atoms with van der Waals surface area (Å²) in [6, 6.07) is 7.59. The Morgan fingerprint density at radius 2 is 1.84 bits per heavy atom. The van der Waals surface area contributed by atoms with Crippen LogP contribution in [0.15, 0.2) is 28.8 Å². The normalized spacial score (nSPS) is 12.0. The van der Waals surface area contributed by atoms with Gasteiger partial charge in [0.15, 0.2) is 0 Å². The van der Waals surface area contributed by atoms with Crippen molar-refractivity contribution >= 4 is 17.5 Å². The Balaban J connectivity index is 2.26. The molecule has 1 heterocycles. The van der Waals surface area contributed by atoms with E-state index in [0.717, 1.165) is 11.3 Å². The zero-order valence-electron chi connectivity index (χ0n) is 19.8. The number of aromatic nitrogens is 1. The number of aryl methyl sites for hydroxylation is 2. The van der Waals surface area contributed by atoms with Gasteiger partial charge in [0, 0.05) is 25.2 Å². The molecule has 0 aliphatic heterocycles. The fourth-order valence-corrected chi connectivity index (χ4v) is 3.38. The smallest absolute Gasteiger partial charge is 0.259 e. The second kappa shape index (κ2) is 9.64. The van der Waals surface area contributed by atoms with Crippen molar-refractivity contribution < 1.29 is 14.1 Å². The lowest BCUT2D eigenvalue weighted by Gasteiger charge is -2.32. The molecule has 0 fully saturated rings. The van der Waals surface area contributed by atoms with E-state index in [9.17, 15) is 9.59 Å². The Bertz CT molecular complexity index is 906. The third kappa shape index (κ3) is 7.21. The van der Waals surface area contributed by atoms with Gasteiger partial charge >= 0.3 is 0 Å². The molecule has 0 saturated heterocycles. The molecule has 0 saturated carbocycles. The Hall–Kier alpha value is -2.67. The van der Waals surface area contributed by atoms with E-state index in [0.29, 0.717) is 43.1 Å². The zero-order valence-corrected chi connectivity index (χ0v) is 19.8. The highest BCUT2D eigenvalue weighted by molar-refractivity contribution is 5.96. The summed E-state index contributed by atoms with van der Waals surface area (Å²) < 4.78 is 5.21. The molecule has 0 radical (unpaired) electrons. The predicted molar refractivity (Wildman–Crippen MR) is 123 cm³/mol. The van der Waals surface area contributed by atoms with Gasteiger partial charge in [-0.25, -0.2) is 0 Å². The molecule has 1 aromatic carbocycles. The SMILES string of the molecule is Cc1noc(C)c1C(=O)N(Cc1cccc(NC(=O)CC(C)(C)C)c1)CC(C)(C)CN. The van der Waals surface area contributed by atoms with Gasteiger partial charge in [0.05, 0.1) is 5.69 Å². The molecule has 31 heavy (non-hydrogen) atoms. The van der Waals surface area contributed by atoms with E-state index in [1.165, 1.54) is 0 Å². The number of nitrogens with one attached hydrogen (secondary N) is 1. The Morgan fingerprint density at radius 1 is 1.16 bits per heavy atom. The minimum Gasteiger partial charge on any atom is -0.361 e. The summed E-state index contributed by atoms with van der Waals surface area (Å²) in [5.41, 5.74) is 8.29. The van der Waals surface area contributed by atoms with E-state index in [1.54, 1.807) is 18.7 Å². The number of nitrogens with two attached hydrogens (primary N) is 1. The fourth-order valence-electron chi connectivity index (χ4n) is 3.38. The van der Waals surface area contributed by atoms with Crippen LogP contribution in [0.4, 0.5) is 5.69 Å². The second-order valence-corrected chi connectivity index (χ2v) is 10.2. The monoisotopic (exact) mass is 428 g/mol. The standard InChI is InChI=1S/C24H36N4O3/c1-16-21(17(2)31-27-16)22(30)28(15-24(6,7)14-25)13-18-9-8-10-19(11-18)26-20(29)12-23(3,4)5/h8-11H,12-15,25H2,1-7H3,(H,26,29). The molecule has 3 N–H and O–H groups in total. The molecule has 1 aromatic heterocycles. The second-order valence-electron chi connectivity index (χ2n) is 10.2. The number of rotatable bonds is 8. The van der Waals surface area contributed by atoms with Gasteiger partial charge in [-0.2, -0.15) is 0 Å². The molecular formula is C24H36N4O3. The lowest BCUT2D eigenvalue weighted by atomic mass is 9.92. The van der Waals surface area contributed by atoms with Crippen molar-refractivity contribution in [2.24, 2.45) is 16.6 Å². The third-order valence-electron chi connectivity index (χ3n) is 4.98. The van der Waals surface area contributed by atoms with Crippen LogP contribution in [0.3, 0.4) is 0 Å². The molecule has 0 atom stereocenters. The number of nitrogens with zero attached hydrogens (tertiary/aromatic N) is 2. The van der Waals surface area contributed by atoms with Crippen molar-refractivity contribution in [2.45, 2.75) is 61.4 Å². The van der Waals surface area contributed by atoms with Gasteiger partial charge in [0.25, 0.3) is 5.91 Å². The van der Waals surface area contributed by atoms with Gasteiger partial charge in [0.2, 0.25) is 5.91 Å². The van der Waals surface area contributed by atoms with Crippen LogP contribution in [0.5, 0.6) is 0 Å². The highest BCUT2D eigenvalue weighted by atomic mass is 16.5. The van der Waals surface area contributed by atoms with Crippen molar-refractivity contribution in [3.63, 3.8) is 0 Å². The van der Waals surface area contributed by atoms with E-state index in [2.05, 4.69) is 10.5 Å². The third-order valence-corrected chi connectivity index (χ3v) is 4.98. The number of carbonyl (C=O) groups excluding carboxylic acids is 2. The summed E-state index contributed by atoms with van der Waals surface area (Å²) in [6.45, 7) is 15.0. The van der Waals surface area contributed by atoms with Crippen molar-refractivity contribution in [2.75, 3.05) is 18.4 Å². The van der Waals surface area contributed by atoms with Crippen LogP contribution in [-0.4, -0.2) is 35.0 Å². The maximum atomic E-state index is 13.4. The predicted octanol–water partition coefficient (Wildman–Crippen LogP) is 4.29. The van der Waals surface area contributed by atoms with Crippen LogP contribution < -0.4 is 11.1 Å². The number of hydrogen-bond acceptors (Lipinski definition) is 5. The highest BCUT2D eigenvalue weighted by Crippen LogP contribution is 2.24. The minimum atomic E-state index is -0.257. The molecule has 0 unspecified atom stereocenters. The molecule has 2 amide bonds. The van der Waals surface area contributed by atoms with Crippen molar-refractivity contribution in [3.05, 3.63) is 46.8 Å². The first-order chi connectivity index (χ1) is 14.3. The van der Waals surface area contributed by atoms with Crippen molar-refractivity contribution in [1.82, 2.24) is 10.1 Å². The van der Waals surface area contributed by atoms with Crippen molar-refractivity contribution in [3.8, 4) is 0 Å². The Morgan fingerprint density at radius 3 is 2.39 bits per heavy atom. The molecule has 2 aromatic rings. The van der Waals surface area contributed by atoms with E-state index >= 15 is 0 Å². The van der Waals surface area contributed by atoms with E-state index in [4.69, 9.17) is 10.3 Å². The Kier molecular flexibility index (Phi) is 7.65. The number of anilines is 1. The van der Waals surface area contributed by atoms with Crippen LogP contribution in [0.2, 0.25) is 0 Å². The molecule has 2 rings (SSSR count). The maximum absolute atomic E-state index is 13.4. The van der Waals surface area contributed by atoms with Crippen LogP contribution in [0.1, 0.15) is 68.4 Å². The molecule has 7 nitrogen and oxygen atoms in total. The van der Waals surface area contributed by atoms with Crippen LogP contribution >= 0.6 is 0 Å². The quantitative estimate of drug-likeness (QED) is 0.653. The number of amides is 2. The van der Waals surface area contributed by atoms with Crippen LogP contribution in [0.25, 0.3) is 0 Å². The Labute approximate surface area is 185 Å². The van der Waals surface area contributed by atoms with Gasteiger partial charge < -0.3 is 20.5 Å². The molecule has 170 valence electrons. The van der Waals surface area contributed by atoms with Gasteiger partial charge in [-0.05, 0) is 48.9 Å². The van der Waals surface area contributed by atoms with E-state index in [1.807, 2.05) is 58.9 Å². The summed E-state index contributed by atoms with van der Waals surface area (Å²) in [6.07, 6.45) is 0.429. The minimum absolute atomic E-state index is 0.0300. The first kappa shape index (κ1) is 24.6. The highest BCUT2D eigenvalue weighted by Gasteiger charge is 2.28. The molecule has 0 bridgehead atoms. The largest absolute Gasteiger partial charge is 0.361 e. The number of benzene rings is 1. The lowest BCUT2D eigenvalue weighted by Crippen LogP contribution is -2.42.